The summed E-state index contributed by atoms with van der Waals surface area (Å²) in [7, 11) is 0. The monoisotopic (exact) mass is 412 g/mol. The van der Waals surface area contributed by atoms with Gasteiger partial charge in [-0.1, -0.05) is 39.0 Å². The molecule has 0 saturated heterocycles. The van der Waals surface area contributed by atoms with Gasteiger partial charge in [0.2, 0.25) is 0 Å². The molecule has 0 aliphatic heterocycles. The second kappa shape index (κ2) is 16.7. The Bertz CT molecular complexity index is 131. The average Bonchev–Trinajstić information content (AvgIpc) is 2.09. The summed E-state index contributed by atoms with van der Waals surface area (Å²) in [5, 5.41) is 9.94. The number of carbonyl (C=O) groups is 1. The molecular weight excluding hydrogens is 393 g/mol. The van der Waals surface area contributed by atoms with Crippen molar-refractivity contribution in [2.45, 2.75) is 45.4 Å². The number of hydrogen-bond acceptors (Lipinski definition) is 3. The SMILES string of the molecule is CCCCCCCCOCC(=O)[O-].[Bi+3].[O-2]. The predicted molar refractivity (Wildman–Crippen MR) is 55.6 cm³/mol. The molecule has 0 aromatic rings. The third-order valence-corrected chi connectivity index (χ3v) is 1.86. The van der Waals surface area contributed by atoms with Gasteiger partial charge in [0.05, 0.1) is 12.6 Å². The summed E-state index contributed by atoms with van der Waals surface area (Å²) in [4.78, 5) is 9.94. The zero-order valence-corrected chi connectivity index (χ0v) is 12.7. The third-order valence-electron chi connectivity index (χ3n) is 1.86. The molecular formula is C10H19BiO4. The molecule has 0 rings (SSSR count). The molecule has 88 valence electrons. The summed E-state index contributed by atoms with van der Waals surface area (Å²) >= 11 is 0. The average molecular weight is 412 g/mol. The van der Waals surface area contributed by atoms with Gasteiger partial charge in [-0.15, -0.1) is 0 Å². The molecule has 0 atom stereocenters. The Kier molecular flexibility index (Phi) is 23.0. The number of carbonyl (C=O) groups excluding carboxylic acids is 1. The fourth-order valence-electron chi connectivity index (χ4n) is 1.14. The minimum atomic E-state index is -1.13. The van der Waals surface area contributed by atoms with Crippen LogP contribution in [0.3, 0.4) is 0 Å². The molecule has 0 aliphatic carbocycles. The normalized spacial score (nSPS) is 8.87. The van der Waals surface area contributed by atoms with Crippen molar-refractivity contribution < 1.29 is 20.1 Å². The van der Waals surface area contributed by atoms with Crippen LogP contribution in [0.5, 0.6) is 0 Å². The van der Waals surface area contributed by atoms with Crippen LogP contribution in [0.15, 0.2) is 0 Å². The van der Waals surface area contributed by atoms with E-state index < -0.39 is 5.97 Å². The first-order chi connectivity index (χ1) is 6.27. The van der Waals surface area contributed by atoms with Crippen LogP contribution >= 0.6 is 0 Å². The van der Waals surface area contributed by atoms with Gasteiger partial charge in [-0.3, -0.25) is 0 Å². The fraction of sp³-hybridized carbons (Fsp3) is 0.900. The maximum atomic E-state index is 9.94. The summed E-state index contributed by atoms with van der Waals surface area (Å²) < 4.78 is 4.84. The van der Waals surface area contributed by atoms with Crippen molar-refractivity contribution >= 4 is 32.2 Å². The minimum Gasteiger partial charge on any atom is -2.00 e. The van der Waals surface area contributed by atoms with Crippen LogP contribution < -0.4 is 5.11 Å². The molecule has 5 heteroatoms. The molecule has 2 radical (unpaired) electrons. The maximum Gasteiger partial charge on any atom is 3.00 e. The first-order valence-corrected chi connectivity index (χ1v) is 5.05. The zero-order valence-electron chi connectivity index (χ0n) is 9.24. The van der Waals surface area contributed by atoms with Crippen LogP contribution in [-0.4, -0.2) is 45.4 Å². The molecule has 0 bridgehead atoms. The molecule has 0 unspecified atom stereocenters. The number of rotatable bonds is 9. The number of hydrogen-bond donors (Lipinski definition) is 0. The molecule has 0 fully saturated rings. The molecule has 0 aromatic heterocycles. The van der Waals surface area contributed by atoms with E-state index in [1.807, 2.05) is 0 Å². The second-order valence-electron chi connectivity index (χ2n) is 3.19. The van der Waals surface area contributed by atoms with Crippen molar-refractivity contribution in [1.29, 1.82) is 0 Å². The van der Waals surface area contributed by atoms with Crippen LogP contribution in [0.2, 0.25) is 0 Å². The van der Waals surface area contributed by atoms with Crippen molar-refractivity contribution in [3.63, 3.8) is 0 Å². The Balaban J connectivity index is -0.000000720. The van der Waals surface area contributed by atoms with Crippen molar-refractivity contribution in [2.24, 2.45) is 0 Å². The van der Waals surface area contributed by atoms with E-state index in [1.165, 1.54) is 25.7 Å². The summed E-state index contributed by atoms with van der Waals surface area (Å²) in [6, 6.07) is 0. The Hall–Kier alpha value is 0.273. The summed E-state index contributed by atoms with van der Waals surface area (Å²) in [6.07, 6.45) is 7.13. The van der Waals surface area contributed by atoms with Crippen molar-refractivity contribution in [3.05, 3.63) is 0 Å². The summed E-state index contributed by atoms with van der Waals surface area (Å²) in [5.74, 6) is -1.13. The zero-order chi connectivity index (χ0) is 9.94. The van der Waals surface area contributed by atoms with Gasteiger partial charge in [-0.05, 0) is 6.42 Å². The van der Waals surface area contributed by atoms with Gasteiger partial charge >= 0.3 is 26.2 Å². The molecule has 0 saturated carbocycles. The first-order valence-electron chi connectivity index (χ1n) is 5.05. The Morgan fingerprint density at radius 3 is 2.20 bits per heavy atom. The fourth-order valence-corrected chi connectivity index (χ4v) is 1.14. The molecule has 0 amide bonds. The van der Waals surface area contributed by atoms with Crippen molar-refractivity contribution in [3.8, 4) is 0 Å². The van der Waals surface area contributed by atoms with Gasteiger partial charge in [0.1, 0.15) is 0 Å². The van der Waals surface area contributed by atoms with E-state index in [0.29, 0.717) is 6.61 Å². The third kappa shape index (κ3) is 20.4. The standard InChI is InChI=1S/C10H20O3.Bi.O/c1-2-3-4-5-6-7-8-13-9-10(11)12;;/h2-9H2,1H3,(H,11,12);;/q;+3;-2/p-1. The van der Waals surface area contributed by atoms with E-state index in [2.05, 4.69) is 6.92 Å². The van der Waals surface area contributed by atoms with Crippen LogP contribution in [0.25, 0.3) is 0 Å². The first kappa shape index (κ1) is 20.7. The number of aliphatic carboxylic acids is 1. The van der Waals surface area contributed by atoms with E-state index in [0.717, 1.165) is 12.8 Å². The Labute approximate surface area is 111 Å². The Morgan fingerprint density at radius 1 is 1.13 bits per heavy atom. The van der Waals surface area contributed by atoms with Crippen LogP contribution in [0, 0.1) is 0 Å². The smallest absolute Gasteiger partial charge is 2.00 e. The van der Waals surface area contributed by atoms with E-state index >= 15 is 0 Å². The molecule has 0 spiro atoms. The maximum absolute atomic E-state index is 9.94. The minimum absolute atomic E-state index is 0. The van der Waals surface area contributed by atoms with E-state index in [-0.39, 0.29) is 38.3 Å². The van der Waals surface area contributed by atoms with Crippen LogP contribution in [0.4, 0.5) is 0 Å². The van der Waals surface area contributed by atoms with Crippen LogP contribution in [-0.2, 0) is 15.0 Å². The molecule has 0 N–H and O–H groups in total. The van der Waals surface area contributed by atoms with Crippen molar-refractivity contribution in [1.82, 2.24) is 0 Å². The van der Waals surface area contributed by atoms with E-state index in [9.17, 15) is 9.90 Å². The second-order valence-corrected chi connectivity index (χ2v) is 3.19. The van der Waals surface area contributed by atoms with Crippen molar-refractivity contribution in [2.75, 3.05) is 13.2 Å². The summed E-state index contributed by atoms with van der Waals surface area (Å²) in [5.41, 5.74) is 0. The topological polar surface area (TPSA) is 77.9 Å². The molecule has 0 aliphatic rings. The van der Waals surface area contributed by atoms with Gasteiger partial charge in [-0.2, -0.15) is 0 Å². The number of carboxylic acid groups (broad SMARTS) is 1. The van der Waals surface area contributed by atoms with Gasteiger partial charge in [-0.25, -0.2) is 0 Å². The van der Waals surface area contributed by atoms with Gasteiger partial charge in [0.15, 0.2) is 0 Å². The quantitative estimate of drug-likeness (QED) is 0.412. The van der Waals surface area contributed by atoms with Gasteiger partial charge in [0.25, 0.3) is 0 Å². The van der Waals surface area contributed by atoms with Gasteiger partial charge < -0.3 is 20.1 Å². The van der Waals surface area contributed by atoms with Crippen LogP contribution in [0.1, 0.15) is 45.4 Å². The molecule has 15 heavy (non-hydrogen) atoms. The van der Waals surface area contributed by atoms with Gasteiger partial charge in [0, 0.05) is 6.61 Å². The van der Waals surface area contributed by atoms with E-state index in [4.69, 9.17) is 4.74 Å². The molecule has 0 aromatic carbocycles. The predicted octanol–water partition coefficient (Wildman–Crippen LogP) is 0.614. The number of carboxylic acids is 1. The van der Waals surface area contributed by atoms with E-state index in [1.54, 1.807) is 0 Å². The largest absolute Gasteiger partial charge is 3.00 e. The summed E-state index contributed by atoms with van der Waals surface area (Å²) in [6.45, 7) is 2.46. The number of ether oxygens (including phenoxy) is 1. The molecule has 4 nitrogen and oxygen atoms in total. The Morgan fingerprint density at radius 2 is 1.67 bits per heavy atom. The number of unbranched alkanes of at least 4 members (excludes halogenated alkanes) is 5. The molecule has 0 heterocycles.